The number of imide groups is 1. The van der Waals surface area contributed by atoms with Crippen LogP contribution in [0.3, 0.4) is 0 Å². The Morgan fingerprint density at radius 1 is 1.12 bits per heavy atom. The van der Waals surface area contributed by atoms with Gasteiger partial charge in [-0.2, -0.15) is 5.26 Å². The predicted octanol–water partition coefficient (Wildman–Crippen LogP) is 1.80. The highest BCUT2D eigenvalue weighted by Gasteiger charge is 2.46. The van der Waals surface area contributed by atoms with Gasteiger partial charge in [-0.15, -0.1) is 0 Å². The number of ether oxygens (including phenoxy) is 1. The van der Waals surface area contributed by atoms with Crippen LogP contribution in [0.15, 0.2) is 36.4 Å². The number of allylic oxidation sites excluding steroid dienone is 2. The lowest BCUT2D eigenvalue weighted by atomic mass is 9.85. The third-order valence-electron chi connectivity index (χ3n) is 4.35. The van der Waals surface area contributed by atoms with Crippen LogP contribution in [0.5, 0.6) is 5.75 Å². The predicted molar refractivity (Wildman–Crippen MR) is 83.5 cm³/mol. The molecule has 1 aromatic rings. The van der Waals surface area contributed by atoms with Gasteiger partial charge >= 0.3 is 5.97 Å². The molecule has 0 saturated carbocycles. The average Bonchev–Trinajstić information content (AvgIpc) is 2.85. The second kappa shape index (κ2) is 6.67. The third kappa shape index (κ3) is 3.06. The summed E-state index contributed by atoms with van der Waals surface area (Å²) in [5.74, 6) is -1.14. The number of likely N-dealkylation sites (tertiary alicyclic amines) is 1. The molecule has 6 heteroatoms. The van der Waals surface area contributed by atoms with Crippen LogP contribution in [0.25, 0.3) is 0 Å². The number of hydrogen-bond acceptors (Lipinski definition) is 5. The molecular weight excluding hydrogens is 308 g/mol. The third-order valence-corrected chi connectivity index (χ3v) is 4.35. The number of fused-ring (bicyclic) bond motifs is 1. The molecule has 1 aliphatic heterocycles. The van der Waals surface area contributed by atoms with Crippen LogP contribution in [-0.4, -0.2) is 29.2 Å². The summed E-state index contributed by atoms with van der Waals surface area (Å²) in [6, 6.07) is 8.14. The standard InChI is InChI=1S/C18H16N2O4/c19-11-12-5-7-13(8-6-12)24-16(21)9-10-20-17(22)14-3-1-2-4-15(14)18(20)23/h1-2,5-8,14-15H,3-4,9-10H2/t14-,15-/m0/s1. The van der Waals surface area contributed by atoms with Gasteiger partial charge in [0.25, 0.3) is 0 Å². The van der Waals surface area contributed by atoms with E-state index in [1.54, 1.807) is 12.1 Å². The zero-order chi connectivity index (χ0) is 17.1. The van der Waals surface area contributed by atoms with Gasteiger partial charge in [0.2, 0.25) is 11.8 Å². The van der Waals surface area contributed by atoms with E-state index in [-0.39, 0.29) is 36.6 Å². The zero-order valence-corrected chi connectivity index (χ0v) is 13.0. The molecule has 6 nitrogen and oxygen atoms in total. The highest BCUT2D eigenvalue weighted by atomic mass is 16.5. The SMILES string of the molecule is N#Cc1ccc(OC(=O)CCN2C(=O)[C@H]3CC=CC[C@@H]3C2=O)cc1. The Bertz CT molecular complexity index is 719. The minimum Gasteiger partial charge on any atom is -0.426 e. The first kappa shape index (κ1) is 15.9. The molecule has 2 amide bonds. The van der Waals surface area contributed by atoms with E-state index in [9.17, 15) is 14.4 Å². The first-order valence-electron chi connectivity index (χ1n) is 7.81. The maximum Gasteiger partial charge on any atom is 0.312 e. The largest absolute Gasteiger partial charge is 0.426 e. The fraction of sp³-hybridized carbons (Fsp3) is 0.333. The van der Waals surface area contributed by atoms with Crippen molar-refractivity contribution in [2.24, 2.45) is 11.8 Å². The van der Waals surface area contributed by atoms with Crippen molar-refractivity contribution in [1.82, 2.24) is 4.90 Å². The summed E-state index contributed by atoms with van der Waals surface area (Å²) in [6.45, 7) is 0.0414. The molecule has 1 saturated heterocycles. The maximum absolute atomic E-state index is 12.3. The molecule has 0 radical (unpaired) electrons. The van der Waals surface area contributed by atoms with E-state index in [2.05, 4.69) is 0 Å². The van der Waals surface area contributed by atoms with Gasteiger partial charge < -0.3 is 4.74 Å². The summed E-state index contributed by atoms with van der Waals surface area (Å²) in [5.41, 5.74) is 0.472. The summed E-state index contributed by atoms with van der Waals surface area (Å²) >= 11 is 0. The maximum atomic E-state index is 12.3. The van der Waals surface area contributed by atoms with E-state index in [1.807, 2.05) is 18.2 Å². The molecule has 1 aromatic carbocycles. The van der Waals surface area contributed by atoms with Crippen LogP contribution in [0, 0.1) is 23.2 Å². The first-order valence-corrected chi connectivity index (χ1v) is 7.81. The molecular formula is C18H16N2O4. The number of carbonyl (C=O) groups is 3. The van der Waals surface area contributed by atoms with Crippen molar-refractivity contribution in [1.29, 1.82) is 5.26 Å². The van der Waals surface area contributed by atoms with Crippen LogP contribution in [-0.2, 0) is 14.4 Å². The highest BCUT2D eigenvalue weighted by molar-refractivity contribution is 6.05. The highest BCUT2D eigenvalue weighted by Crippen LogP contribution is 2.35. The lowest BCUT2D eigenvalue weighted by Crippen LogP contribution is -2.33. The van der Waals surface area contributed by atoms with Crippen molar-refractivity contribution in [3.8, 4) is 11.8 Å². The van der Waals surface area contributed by atoms with Crippen molar-refractivity contribution in [3.63, 3.8) is 0 Å². The molecule has 2 aliphatic rings. The summed E-state index contributed by atoms with van der Waals surface area (Å²) in [7, 11) is 0. The Morgan fingerprint density at radius 3 is 2.25 bits per heavy atom. The van der Waals surface area contributed by atoms with Gasteiger partial charge in [-0.3, -0.25) is 19.3 Å². The van der Waals surface area contributed by atoms with Crippen LogP contribution in [0.4, 0.5) is 0 Å². The van der Waals surface area contributed by atoms with Crippen LogP contribution in [0.2, 0.25) is 0 Å². The number of nitriles is 1. The quantitative estimate of drug-likeness (QED) is 0.365. The van der Waals surface area contributed by atoms with Crippen molar-refractivity contribution in [2.45, 2.75) is 19.3 Å². The van der Waals surface area contributed by atoms with E-state index in [0.29, 0.717) is 24.2 Å². The number of rotatable bonds is 4. The molecule has 0 N–H and O–H groups in total. The molecule has 1 fully saturated rings. The van der Waals surface area contributed by atoms with E-state index in [1.165, 1.54) is 17.0 Å². The van der Waals surface area contributed by atoms with Gasteiger partial charge in [-0.05, 0) is 37.1 Å². The lowest BCUT2D eigenvalue weighted by molar-refractivity contribution is -0.141. The second-order valence-corrected chi connectivity index (χ2v) is 5.84. The molecule has 1 aliphatic carbocycles. The fourth-order valence-electron chi connectivity index (χ4n) is 3.07. The topological polar surface area (TPSA) is 87.5 Å². The molecule has 0 bridgehead atoms. The van der Waals surface area contributed by atoms with Gasteiger partial charge in [0.05, 0.1) is 29.9 Å². The number of hydrogen-bond donors (Lipinski definition) is 0. The van der Waals surface area contributed by atoms with Gasteiger partial charge in [0.1, 0.15) is 5.75 Å². The lowest BCUT2D eigenvalue weighted by Gasteiger charge is -2.14. The average molecular weight is 324 g/mol. The summed E-state index contributed by atoms with van der Waals surface area (Å²) in [5, 5.41) is 8.72. The summed E-state index contributed by atoms with van der Waals surface area (Å²) < 4.78 is 5.15. The van der Waals surface area contributed by atoms with Crippen LogP contribution < -0.4 is 4.74 Å². The van der Waals surface area contributed by atoms with Crippen molar-refractivity contribution in [2.75, 3.05) is 6.54 Å². The van der Waals surface area contributed by atoms with Gasteiger partial charge in [0.15, 0.2) is 0 Å². The Hall–Kier alpha value is -2.94. The summed E-state index contributed by atoms with van der Waals surface area (Å²) in [4.78, 5) is 37.6. The molecule has 1 heterocycles. The molecule has 3 rings (SSSR count). The summed E-state index contributed by atoms with van der Waals surface area (Å²) in [6.07, 6.45) is 4.97. The Balaban J connectivity index is 1.55. The Kier molecular flexibility index (Phi) is 4.43. The van der Waals surface area contributed by atoms with Crippen molar-refractivity contribution >= 4 is 17.8 Å². The number of amides is 2. The van der Waals surface area contributed by atoms with Crippen molar-refractivity contribution < 1.29 is 19.1 Å². The minimum atomic E-state index is -0.520. The van der Waals surface area contributed by atoms with E-state index in [4.69, 9.17) is 10.00 Å². The Labute approximate surface area is 139 Å². The number of esters is 1. The Morgan fingerprint density at radius 2 is 1.71 bits per heavy atom. The monoisotopic (exact) mass is 324 g/mol. The van der Waals surface area contributed by atoms with Gasteiger partial charge in [-0.1, -0.05) is 12.2 Å². The van der Waals surface area contributed by atoms with E-state index >= 15 is 0 Å². The first-order chi connectivity index (χ1) is 11.6. The molecule has 0 unspecified atom stereocenters. The molecule has 0 aromatic heterocycles. The molecule has 0 spiro atoms. The molecule has 2 atom stereocenters. The second-order valence-electron chi connectivity index (χ2n) is 5.84. The van der Waals surface area contributed by atoms with Crippen LogP contribution in [0.1, 0.15) is 24.8 Å². The number of nitrogens with zero attached hydrogens (tertiary/aromatic N) is 2. The fourth-order valence-corrected chi connectivity index (χ4v) is 3.07. The number of carbonyl (C=O) groups excluding carboxylic acids is 3. The van der Waals surface area contributed by atoms with Gasteiger partial charge in [-0.25, -0.2) is 0 Å². The smallest absolute Gasteiger partial charge is 0.312 e. The van der Waals surface area contributed by atoms with E-state index < -0.39 is 5.97 Å². The minimum absolute atomic E-state index is 0.0414. The van der Waals surface area contributed by atoms with Crippen LogP contribution >= 0.6 is 0 Å². The molecule has 122 valence electrons. The van der Waals surface area contributed by atoms with Gasteiger partial charge in [0, 0.05) is 6.54 Å². The molecule has 24 heavy (non-hydrogen) atoms. The number of benzene rings is 1. The van der Waals surface area contributed by atoms with E-state index in [0.717, 1.165) is 0 Å². The normalized spacial score (nSPS) is 22.2. The zero-order valence-electron chi connectivity index (χ0n) is 13.0. The van der Waals surface area contributed by atoms with Crippen molar-refractivity contribution in [3.05, 3.63) is 42.0 Å².